The van der Waals surface area contributed by atoms with E-state index in [4.69, 9.17) is 20.4 Å². The van der Waals surface area contributed by atoms with Crippen LogP contribution in [-0.4, -0.2) is 27.5 Å². The third-order valence-electron chi connectivity index (χ3n) is 5.89. The highest BCUT2D eigenvalue weighted by molar-refractivity contribution is 5.87. The van der Waals surface area contributed by atoms with Crippen molar-refractivity contribution < 1.29 is 9.26 Å². The summed E-state index contributed by atoms with van der Waals surface area (Å²) in [5.41, 5.74) is 8.95. The lowest BCUT2D eigenvalue weighted by atomic mass is 10.1. The maximum atomic E-state index is 7.74. The first-order valence-electron chi connectivity index (χ1n) is 10.7. The minimum absolute atomic E-state index is 0.0401. The molecule has 1 fully saturated rings. The molecule has 0 spiro atoms. The third kappa shape index (κ3) is 4.01. The third-order valence-corrected chi connectivity index (χ3v) is 5.89. The molecular weight excluding hydrogens is 402 g/mol. The minimum atomic E-state index is -0.123. The number of hydrogen-bond donors (Lipinski definition) is 2. The number of guanidine groups is 1. The number of benzene rings is 3. The van der Waals surface area contributed by atoms with Crippen molar-refractivity contribution in [3.63, 3.8) is 0 Å². The van der Waals surface area contributed by atoms with Gasteiger partial charge < -0.3 is 19.9 Å². The predicted molar refractivity (Wildman–Crippen MR) is 123 cm³/mol. The highest BCUT2D eigenvalue weighted by Gasteiger charge is 2.31. The van der Waals surface area contributed by atoms with Crippen LogP contribution in [0.15, 0.2) is 65.2 Å². The Hall–Kier alpha value is -3.87. The molecule has 4 aromatic rings. The molecule has 0 saturated carbocycles. The number of fused-ring (bicyclic) bond motifs is 1. The SMILES string of the molecule is Cc1ccc(COc2ccc3cc(-c4noc(C5CCCN5C(=N)N)n4)ccc3c2)cc1. The summed E-state index contributed by atoms with van der Waals surface area (Å²) in [6.45, 7) is 3.35. The molecule has 7 nitrogen and oxygen atoms in total. The van der Waals surface area contributed by atoms with Crippen molar-refractivity contribution in [1.29, 1.82) is 5.41 Å². The number of aryl methyl sites for hydroxylation is 1. The van der Waals surface area contributed by atoms with E-state index < -0.39 is 0 Å². The van der Waals surface area contributed by atoms with E-state index in [9.17, 15) is 0 Å². The second-order valence-corrected chi connectivity index (χ2v) is 8.19. The van der Waals surface area contributed by atoms with Crippen LogP contribution in [0.2, 0.25) is 0 Å². The molecule has 2 heterocycles. The number of hydrogen-bond acceptors (Lipinski definition) is 5. The van der Waals surface area contributed by atoms with Gasteiger partial charge in [0.15, 0.2) is 5.96 Å². The van der Waals surface area contributed by atoms with Gasteiger partial charge >= 0.3 is 0 Å². The van der Waals surface area contributed by atoms with Crippen LogP contribution in [0.1, 0.15) is 35.9 Å². The number of likely N-dealkylation sites (tertiary alicyclic amines) is 1. The minimum Gasteiger partial charge on any atom is -0.489 e. The quantitative estimate of drug-likeness (QED) is 0.350. The first-order chi connectivity index (χ1) is 15.6. The van der Waals surface area contributed by atoms with Crippen LogP contribution in [0.4, 0.5) is 0 Å². The fourth-order valence-corrected chi connectivity index (χ4v) is 4.10. The molecule has 162 valence electrons. The molecule has 1 aromatic heterocycles. The fraction of sp³-hybridized carbons (Fsp3) is 0.240. The molecule has 32 heavy (non-hydrogen) atoms. The van der Waals surface area contributed by atoms with Crippen molar-refractivity contribution >= 4 is 16.7 Å². The summed E-state index contributed by atoms with van der Waals surface area (Å²) in [7, 11) is 0. The van der Waals surface area contributed by atoms with E-state index in [0.717, 1.165) is 47.0 Å². The molecule has 0 amide bonds. The molecule has 1 atom stereocenters. The second kappa shape index (κ2) is 8.34. The Balaban J connectivity index is 1.33. The summed E-state index contributed by atoms with van der Waals surface area (Å²) in [6.07, 6.45) is 1.80. The highest BCUT2D eigenvalue weighted by Crippen LogP contribution is 2.32. The zero-order valence-corrected chi connectivity index (χ0v) is 17.9. The van der Waals surface area contributed by atoms with Gasteiger partial charge in [0.2, 0.25) is 11.7 Å². The van der Waals surface area contributed by atoms with Crippen molar-refractivity contribution in [2.24, 2.45) is 5.73 Å². The van der Waals surface area contributed by atoms with Crippen LogP contribution in [-0.2, 0) is 6.61 Å². The fourth-order valence-electron chi connectivity index (χ4n) is 4.10. The topological polar surface area (TPSA) is 101 Å². The number of nitrogens with one attached hydrogen (secondary N) is 1. The smallest absolute Gasteiger partial charge is 0.249 e. The van der Waals surface area contributed by atoms with Gasteiger partial charge in [0, 0.05) is 12.1 Å². The van der Waals surface area contributed by atoms with Gasteiger partial charge in [-0.15, -0.1) is 0 Å². The van der Waals surface area contributed by atoms with E-state index in [2.05, 4.69) is 41.3 Å². The van der Waals surface area contributed by atoms with Crippen LogP contribution < -0.4 is 10.5 Å². The van der Waals surface area contributed by atoms with E-state index in [1.54, 1.807) is 4.90 Å². The lowest BCUT2D eigenvalue weighted by Crippen LogP contribution is -2.35. The van der Waals surface area contributed by atoms with Gasteiger partial charge in [0.05, 0.1) is 0 Å². The van der Waals surface area contributed by atoms with Crippen molar-refractivity contribution in [1.82, 2.24) is 15.0 Å². The molecule has 0 radical (unpaired) electrons. The monoisotopic (exact) mass is 427 g/mol. The van der Waals surface area contributed by atoms with Crippen LogP contribution in [0, 0.1) is 12.3 Å². The van der Waals surface area contributed by atoms with Gasteiger partial charge in [0.1, 0.15) is 18.4 Å². The normalized spacial score (nSPS) is 15.9. The molecule has 1 aliphatic heterocycles. The summed E-state index contributed by atoms with van der Waals surface area (Å²) in [5.74, 6) is 1.92. The van der Waals surface area contributed by atoms with Gasteiger partial charge in [-0.05, 0) is 54.3 Å². The molecule has 0 aliphatic carbocycles. The Bertz CT molecular complexity index is 1270. The average Bonchev–Trinajstić information content (AvgIpc) is 3.48. The number of nitrogens with two attached hydrogens (primary N) is 1. The van der Waals surface area contributed by atoms with Crippen LogP contribution in [0.3, 0.4) is 0 Å². The van der Waals surface area contributed by atoms with E-state index in [1.165, 1.54) is 5.56 Å². The summed E-state index contributed by atoms with van der Waals surface area (Å²) in [4.78, 5) is 6.39. The van der Waals surface area contributed by atoms with Gasteiger partial charge in [-0.2, -0.15) is 4.98 Å². The van der Waals surface area contributed by atoms with Crippen molar-refractivity contribution in [2.75, 3.05) is 6.54 Å². The Morgan fingerprint density at radius 3 is 2.72 bits per heavy atom. The van der Waals surface area contributed by atoms with E-state index in [0.29, 0.717) is 18.3 Å². The lowest BCUT2D eigenvalue weighted by Gasteiger charge is -2.21. The van der Waals surface area contributed by atoms with Crippen molar-refractivity contribution in [3.05, 3.63) is 77.7 Å². The van der Waals surface area contributed by atoms with E-state index >= 15 is 0 Å². The second-order valence-electron chi connectivity index (χ2n) is 8.19. The molecule has 1 aliphatic rings. The molecular formula is C25H25N5O2. The molecule has 7 heteroatoms. The van der Waals surface area contributed by atoms with Gasteiger partial charge in [-0.25, -0.2) is 0 Å². The Morgan fingerprint density at radius 1 is 1.12 bits per heavy atom. The average molecular weight is 428 g/mol. The standard InChI is InChI=1S/C25H25N5O2/c1-16-4-6-17(7-5-16)15-31-21-11-10-18-13-20(9-8-19(18)14-21)23-28-24(32-29-23)22-3-2-12-30(22)25(26)27/h4-11,13-14,22H,2-3,12,15H2,1H3,(H3,26,27). The summed E-state index contributed by atoms with van der Waals surface area (Å²) >= 11 is 0. The van der Waals surface area contributed by atoms with Crippen molar-refractivity contribution in [2.45, 2.75) is 32.4 Å². The largest absolute Gasteiger partial charge is 0.489 e. The van der Waals surface area contributed by atoms with Crippen molar-refractivity contribution in [3.8, 4) is 17.1 Å². The zero-order chi connectivity index (χ0) is 22.1. The predicted octanol–water partition coefficient (Wildman–Crippen LogP) is 4.81. The highest BCUT2D eigenvalue weighted by atomic mass is 16.5. The maximum Gasteiger partial charge on any atom is 0.249 e. The van der Waals surface area contributed by atoms with Crippen LogP contribution in [0.5, 0.6) is 5.75 Å². The number of aromatic nitrogens is 2. The maximum absolute atomic E-state index is 7.74. The molecule has 0 bridgehead atoms. The first-order valence-corrected chi connectivity index (χ1v) is 10.7. The van der Waals surface area contributed by atoms with E-state index in [-0.39, 0.29) is 12.0 Å². The number of nitrogens with zero attached hydrogens (tertiary/aromatic N) is 3. The molecule has 1 unspecified atom stereocenters. The number of rotatable bonds is 5. The summed E-state index contributed by atoms with van der Waals surface area (Å²) in [6, 6.07) is 20.4. The van der Waals surface area contributed by atoms with Gasteiger partial charge in [-0.3, -0.25) is 5.41 Å². The molecule has 5 rings (SSSR count). The summed E-state index contributed by atoms with van der Waals surface area (Å²) in [5, 5.41) is 14.1. The van der Waals surface area contributed by atoms with Crippen LogP contribution >= 0.6 is 0 Å². The van der Waals surface area contributed by atoms with Crippen LogP contribution in [0.25, 0.3) is 22.2 Å². The Labute approximate surface area is 186 Å². The van der Waals surface area contributed by atoms with Gasteiger partial charge in [0.25, 0.3) is 0 Å². The number of ether oxygens (including phenoxy) is 1. The van der Waals surface area contributed by atoms with Gasteiger partial charge in [-0.1, -0.05) is 53.2 Å². The molecule has 3 N–H and O–H groups in total. The Kier molecular flexibility index (Phi) is 5.23. The van der Waals surface area contributed by atoms with E-state index in [1.807, 2.05) is 36.4 Å². The molecule has 1 saturated heterocycles. The summed E-state index contributed by atoms with van der Waals surface area (Å²) < 4.78 is 11.5. The lowest BCUT2D eigenvalue weighted by molar-refractivity contribution is 0.283. The molecule has 3 aromatic carbocycles. The Morgan fingerprint density at radius 2 is 1.91 bits per heavy atom. The zero-order valence-electron chi connectivity index (χ0n) is 17.9. The first kappa shape index (κ1) is 20.1.